The third kappa shape index (κ3) is 4.29. The zero-order chi connectivity index (χ0) is 28.4. The monoisotopic (exact) mass is 568 g/mol. The number of imidazole rings is 2. The SMILES string of the molecule is c1cc(-c2ccc(-c3ccc4nc([C@@H]5CCCN5)[nH]c4c3)c3c2C2(CCCC2)CC3)ccc1-c1cnc(C2CCCN2)[nH]1. The minimum atomic E-state index is 0.325. The van der Waals surface area contributed by atoms with Gasteiger partial charge in [0.05, 0.1) is 35.0 Å². The van der Waals surface area contributed by atoms with Crippen molar-refractivity contribution >= 4 is 11.0 Å². The fraction of sp³-hybridized carbons (Fsp3) is 0.405. The maximum atomic E-state index is 4.94. The topological polar surface area (TPSA) is 81.4 Å². The van der Waals surface area contributed by atoms with Gasteiger partial charge in [0.25, 0.3) is 0 Å². The molecule has 4 heterocycles. The quantitative estimate of drug-likeness (QED) is 0.174. The van der Waals surface area contributed by atoms with Gasteiger partial charge in [-0.3, -0.25) is 0 Å². The number of nitrogens with zero attached hydrogens (tertiary/aromatic N) is 2. The second-order valence-corrected chi connectivity index (χ2v) is 13.4. The zero-order valence-electron chi connectivity index (χ0n) is 24.8. The van der Waals surface area contributed by atoms with Gasteiger partial charge in [0, 0.05) is 0 Å². The normalized spacial score (nSPS) is 22.7. The summed E-state index contributed by atoms with van der Waals surface area (Å²) in [5.74, 6) is 2.15. The Kier molecular flexibility index (Phi) is 6.09. The molecule has 218 valence electrons. The van der Waals surface area contributed by atoms with Crippen molar-refractivity contribution in [3.05, 3.63) is 83.6 Å². The fourth-order valence-electron chi connectivity index (χ4n) is 8.75. The lowest BCUT2D eigenvalue weighted by Crippen LogP contribution is -2.19. The number of aromatic nitrogens is 4. The standard InChI is InChI=1S/C37H40N6/c1-2-17-37(16-1)18-15-28-26(25-11-14-29-32(21-25)42-36(41-29)31-6-4-20-39-31)12-13-27(34(28)37)23-7-9-24(10-8-23)33-22-40-35(43-33)30-5-3-19-38-30/h7-14,21-22,30-31,38-39H,1-6,15-20H2,(H,40,43)(H,41,42)/t30?,31-/m0/s1. The van der Waals surface area contributed by atoms with E-state index in [9.17, 15) is 0 Å². The van der Waals surface area contributed by atoms with E-state index in [0.717, 1.165) is 54.3 Å². The number of fused-ring (bicyclic) bond motifs is 3. The van der Waals surface area contributed by atoms with Crippen LogP contribution in [-0.2, 0) is 11.8 Å². The first-order chi connectivity index (χ1) is 21.2. The van der Waals surface area contributed by atoms with Gasteiger partial charge in [-0.2, -0.15) is 0 Å². The molecule has 5 aromatic rings. The van der Waals surface area contributed by atoms with E-state index < -0.39 is 0 Å². The summed E-state index contributed by atoms with van der Waals surface area (Å²) >= 11 is 0. The van der Waals surface area contributed by atoms with Crippen molar-refractivity contribution in [2.24, 2.45) is 0 Å². The van der Waals surface area contributed by atoms with Gasteiger partial charge in [-0.1, -0.05) is 55.3 Å². The van der Waals surface area contributed by atoms with Gasteiger partial charge in [-0.15, -0.1) is 0 Å². The summed E-state index contributed by atoms with van der Waals surface area (Å²) in [5, 5.41) is 7.14. The molecule has 4 aliphatic rings. The number of rotatable bonds is 5. The number of hydrogen-bond donors (Lipinski definition) is 4. The van der Waals surface area contributed by atoms with E-state index in [1.165, 1.54) is 79.2 Å². The van der Waals surface area contributed by atoms with Crippen molar-refractivity contribution in [1.82, 2.24) is 30.6 Å². The number of hydrogen-bond acceptors (Lipinski definition) is 4. The maximum Gasteiger partial charge on any atom is 0.124 e. The van der Waals surface area contributed by atoms with E-state index in [1.54, 1.807) is 11.1 Å². The van der Waals surface area contributed by atoms with E-state index >= 15 is 0 Å². The van der Waals surface area contributed by atoms with Crippen LogP contribution in [0.25, 0.3) is 44.5 Å². The first-order valence-electron chi connectivity index (χ1n) is 16.5. The van der Waals surface area contributed by atoms with E-state index in [0.29, 0.717) is 17.5 Å². The summed E-state index contributed by atoms with van der Waals surface area (Å²) in [5.41, 5.74) is 13.5. The number of aromatic amines is 2. The molecule has 1 saturated carbocycles. The lowest BCUT2D eigenvalue weighted by atomic mass is 9.76. The minimum absolute atomic E-state index is 0.325. The number of H-pyrrole nitrogens is 2. The van der Waals surface area contributed by atoms with Crippen molar-refractivity contribution in [2.45, 2.75) is 81.7 Å². The third-order valence-corrected chi connectivity index (χ3v) is 11.0. The van der Waals surface area contributed by atoms with Crippen molar-refractivity contribution in [3.8, 4) is 33.5 Å². The van der Waals surface area contributed by atoms with Gasteiger partial charge in [-0.25, -0.2) is 9.97 Å². The fourth-order valence-corrected chi connectivity index (χ4v) is 8.75. The molecule has 0 radical (unpaired) electrons. The van der Waals surface area contributed by atoms with Crippen LogP contribution in [0.4, 0.5) is 0 Å². The second-order valence-electron chi connectivity index (χ2n) is 13.4. The van der Waals surface area contributed by atoms with Crippen molar-refractivity contribution in [1.29, 1.82) is 0 Å². The predicted molar refractivity (Wildman–Crippen MR) is 173 cm³/mol. The Morgan fingerprint density at radius 2 is 1.40 bits per heavy atom. The van der Waals surface area contributed by atoms with Crippen LogP contribution in [0, 0.1) is 0 Å². The van der Waals surface area contributed by atoms with Crippen LogP contribution >= 0.6 is 0 Å². The Morgan fingerprint density at radius 3 is 2.16 bits per heavy atom. The van der Waals surface area contributed by atoms with Crippen LogP contribution in [0.5, 0.6) is 0 Å². The molecule has 0 bridgehead atoms. The van der Waals surface area contributed by atoms with Gasteiger partial charge >= 0.3 is 0 Å². The molecule has 0 amide bonds. The van der Waals surface area contributed by atoms with Crippen LogP contribution in [0.1, 0.15) is 92.6 Å². The lowest BCUT2D eigenvalue weighted by Gasteiger charge is -2.28. The Bertz CT molecular complexity index is 1790. The summed E-state index contributed by atoms with van der Waals surface area (Å²) in [6, 6.07) is 21.6. The molecule has 2 aliphatic heterocycles. The van der Waals surface area contributed by atoms with Crippen molar-refractivity contribution in [3.63, 3.8) is 0 Å². The molecule has 4 N–H and O–H groups in total. The average Bonchev–Trinajstić information content (AvgIpc) is 3.89. The minimum Gasteiger partial charge on any atom is -0.341 e. The van der Waals surface area contributed by atoms with Crippen LogP contribution < -0.4 is 10.6 Å². The summed E-state index contributed by atoms with van der Waals surface area (Å²) in [6.07, 6.45) is 14.5. The first kappa shape index (κ1) is 25.7. The smallest absolute Gasteiger partial charge is 0.124 e. The summed E-state index contributed by atoms with van der Waals surface area (Å²) in [6.45, 7) is 2.16. The molecule has 2 atom stereocenters. The van der Waals surface area contributed by atoms with Gasteiger partial charge in [-0.05, 0) is 121 Å². The van der Waals surface area contributed by atoms with Gasteiger partial charge < -0.3 is 20.6 Å². The van der Waals surface area contributed by atoms with Crippen LogP contribution in [0.2, 0.25) is 0 Å². The van der Waals surface area contributed by atoms with E-state index in [1.807, 2.05) is 6.20 Å². The van der Waals surface area contributed by atoms with E-state index in [2.05, 4.69) is 75.2 Å². The molecular formula is C37H40N6. The Hall–Kier alpha value is -3.74. The Balaban J connectivity index is 1.09. The Labute approximate surface area is 253 Å². The van der Waals surface area contributed by atoms with Crippen LogP contribution in [-0.4, -0.2) is 33.0 Å². The van der Waals surface area contributed by atoms with E-state index in [-0.39, 0.29) is 0 Å². The third-order valence-electron chi connectivity index (χ3n) is 11.0. The summed E-state index contributed by atoms with van der Waals surface area (Å²) in [4.78, 5) is 16.9. The highest BCUT2D eigenvalue weighted by Crippen LogP contribution is 2.55. The van der Waals surface area contributed by atoms with Gasteiger partial charge in [0.2, 0.25) is 0 Å². The molecule has 2 aliphatic carbocycles. The second kappa shape index (κ2) is 10.2. The Morgan fingerprint density at radius 1 is 0.674 bits per heavy atom. The van der Waals surface area contributed by atoms with Gasteiger partial charge in [0.15, 0.2) is 0 Å². The molecule has 1 spiro atoms. The molecule has 3 fully saturated rings. The lowest BCUT2D eigenvalue weighted by molar-refractivity contribution is 0.440. The number of nitrogens with one attached hydrogen (secondary N) is 4. The molecular weight excluding hydrogens is 528 g/mol. The summed E-state index contributed by atoms with van der Waals surface area (Å²) < 4.78 is 0. The predicted octanol–water partition coefficient (Wildman–Crippen LogP) is 7.89. The molecule has 2 aromatic heterocycles. The largest absolute Gasteiger partial charge is 0.341 e. The van der Waals surface area contributed by atoms with E-state index in [4.69, 9.17) is 9.97 Å². The van der Waals surface area contributed by atoms with Crippen LogP contribution in [0.3, 0.4) is 0 Å². The zero-order valence-corrected chi connectivity index (χ0v) is 24.8. The van der Waals surface area contributed by atoms with Crippen molar-refractivity contribution < 1.29 is 0 Å². The highest BCUT2D eigenvalue weighted by molar-refractivity contribution is 5.86. The maximum absolute atomic E-state index is 4.94. The first-order valence-corrected chi connectivity index (χ1v) is 16.5. The average molecular weight is 569 g/mol. The molecule has 2 saturated heterocycles. The highest BCUT2D eigenvalue weighted by Gasteiger charge is 2.43. The number of benzene rings is 3. The highest BCUT2D eigenvalue weighted by atomic mass is 15.0. The molecule has 1 unspecified atom stereocenters. The van der Waals surface area contributed by atoms with Gasteiger partial charge in [0.1, 0.15) is 11.6 Å². The molecule has 6 heteroatoms. The van der Waals surface area contributed by atoms with Crippen LogP contribution in [0.15, 0.2) is 60.8 Å². The molecule has 3 aromatic carbocycles. The molecule has 6 nitrogen and oxygen atoms in total. The summed E-state index contributed by atoms with van der Waals surface area (Å²) in [7, 11) is 0. The molecule has 43 heavy (non-hydrogen) atoms. The van der Waals surface area contributed by atoms with Crippen molar-refractivity contribution in [2.75, 3.05) is 13.1 Å². The molecule has 9 rings (SSSR count).